The number of nitrogens with zero attached hydrogens (tertiary/aromatic N) is 1. The molecule has 0 bridgehead atoms. The summed E-state index contributed by atoms with van der Waals surface area (Å²) in [6, 6.07) is 8.55. The largest absolute Gasteiger partial charge is 0.480 e. The third-order valence-electron chi connectivity index (χ3n) is 4.13. The summed E-state index contributed by atoms with van der Waals surface area (Å²) in [5, 5.41) is 9.26. The van der Waals surface area contributed by atoms with Crippen LogP contribution in [0.3, 0.4) is 0 Å². The summed E-state index contributed by atoms with van der Waals surface area (Å²) in [6.45, 7) is 0.265. The zero-order chi connectivity index (χ0) is 16.9. The lowest BCUT2D eigenvalue weighted by atomic mass is 10.1. The van der Waals surface area contributed by atoms with Gasteiger partial charge in [0.05, 0.1) is 11.9 Å². The number of piperidine rings is 1. The van der Waals surface area contributed by atoms with Crippen molar-refractivity contribution in [2.75, 3.05) is 19.4 Å². The molecule has 2 rings (SSSR count). The standard InChI is InChI=1S/C16H23NO5S/c1-22-14(11-13-7-3-2-4-8-13)12-23(20,21)17-10-6-5-9-15(17)16(18)19/h2-4,7-8,14-15H,5-6,9-12H2,1H3,(H,18,19). The Hall–Kier alpha value is -1.44. The molecule has 1 aliphatic heterocycles. The maximum atomic E-state index is 12.6. The number of carbonyl (C=O) groups is 1. The molecule has 1 heterocycles. The van der Waals surface area contributed by atoms with Crippen molar-refractivity contribution in [2.24, 2.45) is 0 Å². The summed E-state index contributed by atoms with van der Waals surface area (Å²) in [7, 11) is -2.20. The zero-order valence-corrected chi connectivity index (χ0v) is 14.0. The Morgan fingerprint density at radius 1 is 1.35 bits per heavy atom. The number of methoxy groups -OCH3 is 1. The maximum Gasteiger partial charge on any atom is 0.322 e. The minimum atomic E-state index is -3.68. The van der Waals surface area contributed by atoms with Crippen molar-refractivity contribution in [1.82, 2.24) is 4.31 Å². The van der Waals surface area contributed by atoms with Crippen LogP contribution >= 0.6 is 0 Å². The van der Waals surface area contributed by atoms with E-state index in [0.29, 0.717) is 19.3 Å². The molecule has 7 heteroatoms. The lowest BCUT2D eigenvalue weighted by Crippen LogP contribution is -2.50. The zero-order valence-electron chi connectivity index (χ0n) is 13.2. The van der Waals surface area contributed by atoms with Crippen LogP contribution in [0.25, 0.3) is 0 Å². The molecule has 128 valence electrons. The highest BCUT2D eigenvalue weighted by molar-refractivity contribution is 7.89. The topological polar surface area (TPSA) is 83.9 Å². The second kappa shape index (κ2) is 7.90. The molecule has 2 atom stereocenters. The van der Waals surface area contributed by atoms with Gasteiger partial charge in [-0.15, -0.1) is 0 Å². The maximum absolute atomic E-state index is 12.6. The quantitative estimate of drug-likeness (QED) is 0.813. The fourth-order valence-corrected chi connectivity index (χ4v) is 4.81. The van der Waals surface area contributed by atoms with Crippen LogP contribution in [0.5, 0.6) is 0 Å². The van der Waals surface area contributed by atoms with Gasteiger partial charge in [-0.1, -0.05) is 30.3 Å². The molecular formula is C16H23NO5S. The average Bonchev–Trinajstić information content (AvgIpc) is 2.55. The van der Waals surface area contributed by atoms with Crippen LogP contribution < -0.4 is 0 Å². The number of rotatable bonds is 7. The highest BCUT2D eigenvalue weighted by Gasteiger charge is 2.37. The lowest BCUT2D eigenvalue weighted by Gasteiger charge is -2.32. The van der Waals surface area contributed by atoms with Crippen molar-refractivity contribution in [3.05, 3.63) is 35.9 Å². The van der Waals surface area contributed by atoms with Gasteiger partial charge >= 0.3 is 5.97 Å². The molecule has 1 aromatic rings. The molecule has 1 aliphatic rings. The molecule has 0 aliphatic carbocycles. The van der Waals surface area contributed by atoms with E-state index < -0.39 is 28.1 Å². The van der Waals surface area contributed by atoms with Crippen LogP contribution in [0, 0.1) is 0 Å². The molecule has 1 N–H and O–H groups in total. The van der Waals surface area contributed by atoms with Gasteiger partial charge in [0.15, 0.2) is 0 Å². The molecular weight excluding hydrogens is 318 g/mol. The van der Waals surface area contributed by atoms with E-state index in [1.54, 1.807) is 0 Å². The minimum Gasteiger partial charge on any atom is -0.480 e. The molecule has 1 fully saturated rings. The Labute approximate surface area is 137 Å². The third-order valence-corrected chi connectivity index (χ3v) is 6.08. The van der Waals surface area contributed by atoms with Crippen LogP contribution in [-0.2, 0) is 26.0 Å². The number of ether oxygens (including phenoxy) is 1. The Morgan fingerprint density at radius 2 is 2.04 bits per heavy atom. The highest BCUT2D eigenvalue weighted by Crippen LogP contribution is 2.22. The summed E-state index contributed by atoms with van der Waals surface area (Å²) in [6.07, 6.45) is 1.77. The van der Waals surface area contributed by atoms with E-state index >= 15 is 0 Å². The van der Waals surface area contributed by atoms with E-state index in [1.165, 1.54) is 7.11 Å². The van der Waals surface area contributed by atoms with Crippen LogP contribution in [0.15, 0.2) is 30.3 Å². The van der Waals surface area contributed by atoms with Gasteiger partial charge in [0.1, 0.15) is 6.04 Å². The van der Waals surface area contributed by atoms with E-state index in [-0.39, 0.29) is 12.3 Å². The van der Waals surface area contributed by atoms with Crippen LogP contribution in [0.1, 0.15) is 24.8 Å². The van der Waals surface area contributed by atoms with E-state index in [0.717, 1.165) is 16.3 Å². The van der Waals surface area contributed by atoms with Crippen molar-refractivity contribution in [3.8, 4) is 0 Å². The fourth-order valence-electron chi connectivity index (χ4n) is 2.90. The Kier molecular flexibility index (Phi) is 6.15. The van der Waals surface area contributed by atoms with Crippen molar-refractivity contribution < 1.29 is 23.1 Å². The first-order valence-electron chi connectivity index (χ1n) is 7.73. The van der Waals surface area contributed by atoms with Gasteiger partial charge in [0.25, 0.3) is 0 Å². The number of carboxylic acid groups (broad SMARTS) is 1. The second-order valence-electron chi connectivity index (χ2n) is 5.79. The van der Waals surface area contributed by atoms with Gasteiger partial charge < -0.3 is 9.84 Å². The number of hydrogen-bond donors (Lipinski definition) is 1. The molecule has 0 aromatic heterocycles. The predicted molar refractivity (Wildman–Crippen MR) is 86.7 cm³/mol. The minimum absolute atomic E-state index is 0.206. The van der Waals surface area contributed by atoms with Crippen LogP contribution in [0.4, 0.5) is 0 Å². The first-order valence-corrected chi connectivity index (χ1v) is 9.34. The summed E-state index contributed by atoms with van der Waals surface area (Å²) in [5.41, 5.74) is 0.989. The molecule has 0 spiro atoms. The van der Waals surface area contributed by atoms with Crippen LogP contribution in [-0.4, -0.2) is 55.4 Å². The average molecular weight is 341 g/mol. The smallest absolute Gasteiger partial charge is 0.322 e. The molecule has 2 unspecified atom stereocenters. The van der Waals surface area contributed by atoms with Crippen molar-refractivity contribution >= 4 is 16.0 Å². The molecule has 1 saturated heterocycles. The van der Waals surface area contributed by atoms with Crippen LogP contribution in [0.2, 0.25) is 0 Å². The number of carboxylic acids is 1. The summed E-state index contributed by atoms with van der Waals surface area (Å²) >= 11 is 0. The van der Waals surface area contributed by atoms with Gasteiger partial charge in [0, 0.05) is 13.7 Å². The number of sulfonamides is 1. The Bertz CT molecular complexity index is 617. The number of hydrogen-bond acceptors (Lipinski definition) is 4. The molecule has 23 heavy (non-hydrogen) atoms. The third kappa shape index (κ3) is 4.76. The van der Waals surface area contributed by atoms with Gasteiger partial charge in [-0.05, 0) is 31.2 Å². The number of benzene rings is 1. The predicted octanol–water partition coefficient (Wildman–Crippen LogP) is 1.51. The molecule has 0 saturated carbocycles. The molecule has 6 nitrogen and oxygen atoms in total. The Morgan fingerprint density at radius 3 is 2.65 bits per heavy atom. The summed E-state index contributed by atoms with van der Waals surface area (Å²) in [5.74, 6) is -1.28. The normalized spacial score (nSPS) is 21.0. The van der Waals surface area contributed by atoms with Crippen molar-refractivity contribution in [3.63, 3.8) is 0 Å². The molecule has 0 radical (unpaired) electrons. The van der Waals surface area contributed by atoms with Crippen molar-refractivity contribution in [1.29, 1.82) is 0 Å². The first kappa shape index (κ1) is 17.9. The second-order valence-corrected chi connectivity index (χ2v) is 7.75. The summed E-state index contributed by atoms with van der Waals surface area (Å²) in [4.78, 5) is 11.3. The monoisotopic (exact) mass is 341 g/mol. The van der Waals surface area contributed by atoms with Gasteiger partial charge in [-0.25, -0.2) is 8.42 Å². The van der Waals surface area contributed by atoms with E-state index in [4.69, 9.17) is 4.74 Å². The van der Waals surface area contributed by atoms with Gasteiger partial charge in [-0.3, -0.25) is 4.79 Å². The van der Waals surface area contributed by atoms with Gasteiger partial charge in [-0.2, -0.15) is 4.31 Å². The molecule has 1 aromatic carbocycles. The van der Waals surface area contributed by atoms with E-state index in [2.05, 4.69) is 0 Å². The fraction of sp³-hybridized carbons (Fsp3) is 0.562. The van der Waals surface area contributed by atoms with E-state index in [9.17, 15) is 18.3 Å². The highest BCUT2D eigenvalue weighted by atomic mass is 32.2. The number of aliphatic carboxylic acids is 1. The molecule has 0 amide bonds. The lowest BCUT2D eigenvalue weighted by molar-refractivity contribution is -0.142. The Balaban J connectivity index is 2.09. The van der Waals surface area contributed by atoms with E-state index in [1.807, 2.05) is 30.3 Å². The summed E-state index contributed by atoms with van der Waals surface area (Å²) < 4.78 is 31.7. The SMILES string of the molecule is COC(Cc1ccccc1)CS(=O)(=O)N1CCCCC1C(=O)O. The van der Waals surface area contributed by atoms with Gasteiger partial charge in [0.2, 0.25) is 10.0 Å². The van der Waals surface area contributed by atoms with Crippen molar-refractivity contribution in [2.45, 2.75) is 37.8 Å². The first-order chi connectivity index (χ1) is 10.9.